The van der Waals surface area contributed by atoms with Crippen molar-refractivity contribution < 1.29 is 23.2 Å². The fourth-order valence-corrected chi connectivity index (χ4v) is 5.98. The summed E-state index contributed by atoms with van der Waals surface area (Å²) in [4.78, 5) is 1.29. The zero-order valence-corrected chi connectivity index (χ0v) is 21.7. The van der Waals surface area contributed by atoms with Crippen LogP contribution in [0.25, 0.3) is 0 Å². The van der Waals surface area contributed by atoms with Crippen LogP contribution in [-0.4, -0.2) is 39.8 Å². The highest BCUT2D eigenvalue weighted by Crippen LogP contribution is 2.32. The molecule has 1 atom stereocenters. The minimum atomic E-state index is -3.95. The Morgan fingerprint density at radius 2 is 1.24 bits per heavy atom. The summed E-state index contributed by atoms with van der Waals surface area (Å²) in [7, 11) is -2.44. The third kappa shape index (κ3) is 6.98. The summed E-state index contributed by atoms with van der Waals surface area (Å²) in [5.74, 6) is 0.423. The molecule has 4 aromatic carbocycles. The molecule has 0 saturated carbocycles. The lowest BCUT2D eigenvalue weighted by molar-refractivity contribution is -0.930. The van der Waals surface area contributed by atoms with Gasteiger partial charge in [0.05, 0.1) is 24.2 Å². The van der Waals surface area contributed by atoms with E-state index in [2.05, 4.69) is 24.3 Å². The minimum absolute atomic E-state index is 0.106. The second kappa shape index (κ2) is 12.5. The Hall–Kier alpha value is -3.65. The number of methoxy groups -OCH3 is 1. The molecule has 0 aromatic heterocycles. The number of para-hydroxylation sites is 2. The van der Waals surface area contributed by atoms with E-state index in [0.29, 0.717) is 31.1 Å². The summed E-state index contributed by atoms with van der Waals surface area (Å²) in [5, 5.41) is 11.3. The molecular weight excluding hydrogens is 484 g/mol. The van der Waals surface area contributed by atoms with Crippen molar-refractivity contribution in [3.63, 3.8) is 0 Å². The highest BCUT2D eigenvalue weighted by atomic mass is 32.2. The monoisotopic (exact) mass is 517 g/mol. The maximum atomic E-state index is 13.8. The second-order valence-electron chi connectivity index (χ2n) is 8.95. The number of aliphatic hydroxyl groups is 1. The van der Waals surface area contributed by atoms with Crippen molar-refractivity contribution in [1.82, 2.24) is 0 Å². The Morgan fingerprint density at radius 3 is 1.78 bits per heavy atom. The molecule has 4 rings (SSSR count). The van der Waals surface area contributed by atoms with Crippen LogP contribution in [0, 0.1) is 0 Å². The van der Waals surface area contributed by atoms with E-state index >= 15 is 0 Å². The number of quaternary nitrogens is 1. The Kier molecular flexibility index (Phi) is 8.95. The number of hydrogen-bond acceptors (Lipinski definition) is 4. The quantitative estimate of drug-likeness (QED) is 0.302. The number of nitrogens with one attached hydrogen (secondary N) is 1. The Balaban J connectivity index is 1.62. The van der Waals surface area contributed by atoms with Gasteiger partial charge in [0.1, 0.15) is 31.5 Å². The summed E-state index contributed by atoms with van der Waals surface area (Å²) in [6.07, 6.45) is -0.925. The molecule has 0 bridgehead atoms. The maximum Gasteiger partial charge on any atom is 0.264 e. The van der Waals surface area contributed by atoms with Crippen LogP contribution >= 0.6 is 0 Å². The number of ether oxygens (including phenoxy) is 1. The van der Waals surface area contributed by atoms with Gasteiger partial charge in [-0.15, -0.1) is 0 Å². The number of aliphatic hydroxyl groups excluding tert-OH is 1. The topological polar surface area (TPSA) is 71.3 Å². The summed E-state index contributed by atoms with van der Waals surface area (Å²) in [6, 6.07) is 35.5. The average Bonchev–Trinajstić information content (AvgIpc) is 2.93. The van der Waals surface area contributed by atoms with E-state index in [1.807, 2.05) is 36.4 Å². The lowest BCUT2D eigenvalue weighted by Crippen LogP contribution is -3.10. The smallest absolute Gasteiger partial charge is 0.264 e. The number of sulfonamides is 1. The van der Waals surface area contributed by atoms with E-state index in [9.17, 15) is 13.5 Å². The van der Waals surface area contributed by atoms with Gasteiger partial charge in [0.25, 0.3) is 10.0 Å². The molecule has 0 fully saturated rings. The first-order valence-electron chi connectivity index (χ1n) is 12.3. The first-order chi connectivity index (χ1) is 18.0. The van der Waals surface area contributed by atoms with E-state index in [-0.39, 0.29) is 11.4 Å². The first kappa shape index (κ1) is 26.4. The van der Waals surface area contributed by atoms with Crippen molar-refractivity contribution >= 4 is 15.7 Å². The highest BCUT2D eigenvalue weighted by molar-refractivity contribution is 7.92. The van der Waals surface area contributed by atoms with Crippen molar-refractivity contribution in [2.75, 3.05) is 24.5 Å². The Bertz CT molecular complexity index is 1310. The molecule has 0 aliphatic rings. The number of anilines is 1. The molecule has 4 aromatic rings. The van der Waals surface area contributed by atoms with Crippen LogP contribution in [-0.2, 0) is 23.1 Å². The Labute approximate surface area is 219 Å². The van der Waals surface area contributed by atoms with Gasteiger partial charge in [-0.2, -0.15) is 0 Å². The molecule has 0 heterocycles. The van der Waals surface area contributed by atoms with Gasteiger partial charge in [-0.1, -0.05) is 91.0 Å². The SMILES string of the molecule is COc1ccccc1N(C[C@H](O)C[NH+](Cc1ccccc1)Cc1ccccc1)S(=O)(=O)c1ccccc1. The largest absolute Gasteiger partial charge is 0.495 e. The van der Waals surface area contributed by atoms with Gasteiger partial charge in [0, 0.05) is 11.1 Å². The normalized spacial score (nSPS) is 12.3. The molecule has 0 radical (unpaired) electrons. The summed E-state index contributed by atoms with van der Waals surface area (Å²) in [5.41, 5.74) is 2.69. The van der Waals surface area contributed by atoms with Crippen molar-refractivity contribution in [1.29, 1.82) is 0 Å². The second-order valence-corrected chi connectivity index (χ2v) is 10.8. The molecular formula is C30H33N2O4S+. The fraction of sp³-hybridized carbons (Fsp3) is 0.200. The zero-order valence-electron chi connectivity index (χ0n) is 20.9. The molecule has 192 valence electrons. The number of hydrogen-bond donors (Lipinski definition) is 2. The molecule has 2 N–H and O–H groups in total. The van der Waals surface area contributed by atoms with Crippen molar-refractivity contribution in [2.24, 2.45) is 0 Å². The van der Waals surface area contributed by atoms with E-state index in [1.165, 1.54) is 11.4 Å². The van der Waals surface area contributed by atoms with Crippen LogP contribution in [0.5, 0.6) is 5.75 Å². The van der Waals surface area contributed by atoms with Gasteiger partial charge in [0.2, 0.25) is 0 Å². The van der Waals surface area contributed by atoms with Gasteiger partial charge in [-0.25, -0.2) is 8.42 Å². The standard InChI is InChI=1S/C30H32N2O4S/c1-36-30-20-12-11-19-29(30)32(37(34,35)28-17-9-4-10-18-28)24-27(33)23-31(21-25-13-5-2-6-14-25)22-26-15-7-3-8-16-26/h2-20,27,33H,21-24H2,1H3/p+1/t27-/m1/s1. The number of rotatable bonds is 12. The molecule has 0 aliphatic heterocycles. The van der Waals surface area contributed by atoms with E-state index in [1.54, 1.807) is 54.6 Å². The van der Waals surface area contributed by atoms with E-state index < -0.39 is 16.1 Å². The predicted molar refractivity (Wildman–Crippen MR) is 146 cm³/mol. The molecule has 0 aliphatic carbocycles. The third-order valence-corrected chi connectivity index (χ3v) is 7.97. The lowest BCUT2D eigenvalue weighted by atomic mass is 10.1. The minimum Gasteiger partial charge on any atom is -0.495 e. The molecule has 0 amide bonds. The van der Waals surface area contributed by atoms with Crippen LogP contribution in [0.4, 0.5) is 5.69 Å². The van der Waals surface area contributed by atoms with Gasteiger partial charge < -0.3 is 14.7 Å². The first-order valence-corrected chi connectivity index (χ1v) is 13.7. The van der Waals surface area contributed by atoms with Gasteiger partial charge in [-0.3, -0.25) is 4.31 Å². The van der Waals surface area contributed by atoms with Gasteiger partial charge in [0.15, 0.2) is 0 Å². The third-order valence-electron chi connectivity index (χ3n) is 6.18. The lowest BCUT2D eigenvalue weighted by Gasteiger charge is -2.29. The summed E-state index contributed by atoms with van der Waals surface area (Å²) >= 11 is 0. The predicted octanol–water partition coefficient (Wildman–Crippen LogP) is 3.54. The van der Waals surface area contributed by atoms with E-state index in [4.69, 9.17) is 4.74 Å². The van der Waals surface area contributed by atoms with Crippen LogP contribution in [0.2, 0.25) is 0 Å². The number of nitrogens with zero attached hydrogens (tertiary/aromatic N) is 1. The maximum absolute atomic E-state index is 13.8. The van der Waals surface area contributed by atoms with Crippen molar-refractivity contribution in [3.05, 3.63) is 126 Å². The molecule has 6 nitrogen and oxygen atoms in total. The molecule has 0 unspecified atom stereocenters. The van der Waals surface area contributed by atoms with Crippen LogP contribution in [0.1, 0.15) is 11.1 Å². The van der Waals surface area contributed by atoms with Gasteiger partial charge >= 0.3 is 0 Å². The van der Waals surface area contributed by atoms with Crippen molar-refractivity contribution in [2.45, 2.75) is 24.1 Å². The van der Waals surface area contributed by atoms with Crippen molar-refractivity contribution in [3.8, 4) is 5.75 Å². The molecule has 0 spiro atoms. The summed E-state index contributed by atoms with van der Waals surface area (Å²) in [6.45, 7) is 1.66. The molecule has 0 saturated heterocycles. The Morgan fingerprint density at radius 1 is 0.757 bits per heavy atom. The van der Waals surface area contributed by atoms with Crippen LogP contribution < -0.4 is 13.9 Å². The van der Waals surface area contributed by atoms with Crippen LogP contribution in [0.3, 0.4) is 0 Å². The molecule has 7 heteroatoms. The summed E-state index contributed by atoms with van der Waals surface area (Å²) < 4.78 is 34.3. The number of benzene rings is 4. The van der Waals surface area contributed by atoms with Crippen LogP contribution in [0.15, 0.2) is 120 Å². The fourth-order valence-electron chi connectivity index (χ4n) is 4.45. The van der Waals surface area contributed by atoms with E-state index in [0.717, 1.165) is 16.0 Å². The average molecular weight is 518 g/mol. The molecule has 37 heavy (non-hydrogen) atoms. The van der Waals surface area contributed by atoms with Gasteiger partial charge in [-0.05, 0) is 24.3 Å². The zero-order chi connectivity index (χ0) is 26.1. The highest BCUT2D eigenvalue weighted by Gasteiger charge is 2.30.